The summed E-state index contributed by atoms with van der Waals surface area (Å²) in [6.45, 7) is 3.74. The monoisotopic (exact) mass is 272 g/mol. The Labute approximate surface area is 109 Å². The summed E-state index contributed by atoms with van der Waals surface area (Å²) in [5.74, 6) is -1.42. The molecule has 6 nitrogen and oxygen atoms in total. The van der Waals surface area contributed by atoms with Crippen LogP contribution in [-0.4, -0.2) is 51.3 Å². The first-order valence-electron chi connectivity index (χ1n) is 5.53. The van der Waals surface area contributed by atoms with Gasteiger partial charge in [-0.25, -0.2) is 9.59 Å². The summed E-state index contributed by atoms with van der Waals surface area (Å²) in [5, 5.41) is 9.24. The van der Waals surface area contributed by atoms with E-state index < -0.39 is 22.7 Å². The van der Waals surface area contributed by atoms with Gasteiger partial charge in [0.25, 0.3) is 0 Å². The molecule has 3 N–H and O–H groups in total. The van der Waals surface area contributed by atoms with Gasteiger partial charge in [-0.3, -0.25) is 0 Å². The third kappa shape index (κ3) is 1.78. The average Bonchev–Trinajstić information content (AvgIpc) is 2.54. The van der Waals surface area contributed by atoms with E-state index in [2.05, 4.69) is 4.74 Å². The quantitative estimate of drug-likeness (QED) is 0.539. The van der Waals surface area contributed by atoms with Gasteiger partial charge in [-0.2, -0.15) is 0 Å². The Bertz CT molecular complexity index is 435. The number of methoxy groups -OCH3 is 1. The first-order chi connectivity index (χ1) is 8.29. The van der Waals surface area contributed by atoms with Crippen LogP contribution < -0.4 is 5.73 Å². The Morgan fingerprint density at radius 1 is 1.56 bits per heavy atom. The van der Waals surface area contributed by atoms with Crippen molar-refractivity contribution in [3.05, 3.63) is 11.8 Å². The van der Waals surface area contributed by atoms with Crippen molar-refractivity contribution in [2.24, 2.45) is 5.73 Å². The third-order valence-corrected chi connectivity index (χ3v) is 4.88. The fraction of sp³-hybridized carbons (Fsp3) is 0.636. The summed E-state index contributed by atoms with van der Waals surface area (Å²) in [5.41, 5.74) is 6.50. The van der Waals surface area contributed by atoms with E-state index in [1.165, 1.54) is 24.9 Å². The van der Waals surface area contributed by atoms with Crippen LogP contribution in [0, 0.1) is 0 Å². The van der Waals surface area contributed by atoms with E-state index in [4.69, 9.17) is 5.73 Å². The van der Waals surface area contributed by atoms with Crippen molar-refractivity contribution in [3.8, 4) is 0 Å². The van der Waals surface area contributed by atoms with Crippen LogP contribution >= 0.6 is 11.8 Å². The predicted molar refractivity (Wildman–Crippen MR) is 66.8 cm³/mol. The Kier molecular flexibility index (Phi) is 3.06. The molecule has 100 valence electrons. The van der Waals surface area contributed by atoms with E-state index in [1.807, 2.05) is 13.8 Å². The molecule has 0 amide bonds. The van der Waals surface area contributed by atoms with Crippen molar-refractivity contribution in [3.63, 3.8) is 0 Å². The summed E-state index contributed by atoms with van der Waals surface area (Å²) in [4.78, 5) is 24.3. The first-order valence-corrected chi connectivity index (χ1v) is 6.41. The average molecular weight is 272 g/mol. The van der Waals surface area contributed by atoms with Gasteiger partial charge in [-0.1, -0.05) is 0 Å². The summed E-state index contributed by atoms with van der Waals surface area (Å²) in [6, 6.07) is -0.999. The van der Waals surface area contributed by atoms with Gasteiger partial charge < -0.3 is 20.5 Å². The minimum atomic E-state index is -0.905. The predicted octanol–water partition coefficient (Wildman–Crippen LogP) is -0.00910. The normalized spacial score (nSPS) is 35.0. The third-order valence-electron chi connectivity index (χ3n) is 3.28. The topological polar surface area (TPSA) is 92.9 Å². The molecule has 2 saturated heterocycles. The van der Waals surface area contributed by atoms with E-state index in [-0.39, 0.29) is 11.4 Å². The molecule has 2 heterocycles. The van der Waals surface area contributed by atoms with Gasteiger partial charge >= 0.3 is 11.9 Å². The summed E-state index contributed by atoms with van der Waals surface area (Å²) >= 11 is 1.53. The molecule has 2 aliphatic rings. The van der Waals surface area contributed by atoms with Gasteiger partial charge in [0, 0.05) is 16.5 Å². The number of carbonyl (C=O) groups excluding carboxylic acids is 1. The number of hydrogen-bond donors (Lipinski definition) is 2. The van der Waals surface area contributed by atoms with Crippen LogP contribution in [0.15, 0.2) is 11.8 Å². The molecule has 7 heteroatoms. The lowest BCUT2D eigenvalue weighted by molar-refractivity contribution is -0.144. The second-order valence-electron chi connectivity index (χ2n) is 4.88. The van der Waals surface area contributed by atoms with Crippen molar-refractivity contribution in [2.75, 3.05) is 7.11 Å². The molecule has 0 spiro atoms. The van der Waals surface area contributed by atoms with E-state index in [0.717, 1.165) is 0 Å². The molecule has 0 aliphatic carbocycles. The molecule has 0 aromatic rings. The van der Waals surface area contributed by atoms with E-state index in [9.17, 15) is 14.7 Å². The van der Waals surface area contributed by atoms with Gasteiger partial charge in [0.2, 0.25) is 0 Å². The molecule has 0 bridgehead atoms. The highest BCUT2D eigenvalue weighted by atomic mass is 32.2. The number of nitrogens with zero attached hydrogens (tertiary/aromatic N) is 1. The maximum atomic E-state index is 11.4. The fourth-order valence-corrected chi connectivity index (χ4v) is 4.07. The maximum Gasteiger partial charge on any atom is 0.332 e. The summed E-state index contributed by atoms with van der Waals surface area (Å²) in [7, 11) is 1.28. The number of rotatable bonds is 2. The van der Waals surface area contributed by atoms with Crippen molar-refractivity contribution in [1.29, 1.82) is 0 Å². The van der Waals surface area contributed by atoms with Gasteiger partial charge in [0.15, 0.2) is 0 Å². The molecular formula is C11H16N2O4S. The van der Waals surface area contributed by atoms with Crippen LogP contribution in [0.5, 0.6) is 0 Å². The van der Waals surface area contributed by atoms with Gasteiger partial charge in [-0.05, 0) is 13.8 Å². The zero-order chi connectivity index (χ0) is 13.7. The number of esters is 1. The van der Waals surface area contributed by atoms with Crippen molar-refractivity contribution in [2.45, 2.75) is 36.1 Å². The van der Waals surface area contributed by atoms with Crippen LogP contribution in [0.3, 0.4) is 0 Å². The van der Waals surface area contributed by atoms with Crippen molar-refractivity contribution in [1.82, 2.24) is 4.90 Å². The SMILES string of the molecule is COC(=O)/C=C1\[C@@H](N)C2SC(C)(C)[C@H](C(=O)O)N12. The molecule has 3 atom stereocenters. The highest BCUT2D eigenvalue weighted by Crippen LogP contribution is 2.53. The minimum Gasteiger partial charge on any atom is -0.480 e. The molecule has 0 saturated carbocycles. The van der Waals surface area contributed by atoms with E-state index in [0.29, 0.717) is 5.70 Å². The van der Waals surface area contributed by atoms with Crippen molar-refractivity contribution >= 4 is 23.7 Å². The lowest BCUT2D eigenvalue weighted by atomic mass is 9.94. The molecule has 1 unspecified atom stereocenters. The maximum absolute atomic E-state index is 11.4. The second kappa shape index (κ2) is 4.17. The molecule has 2 fully saturated rings. The van der Waals surface area contributed by atoms with Crippen LogP contribution in [0.2, 0.25) is 0 Å². The number of thioether (sulfide) groups is 1. The molecule has 0 radical (unpaired) electrons. The van der Waals surface area contributed by atoms with E-state index >= 15 is 0 Å². The molecule has 0 aromatic heterocycles. The number of ether oxygens (including phenoxy) is 1. The number of carbonyl (C=O) groups is 2. The number of carboxylic acid groups (broad SMARTS) is 1. The Hall–Kier alpha value is -1.21. The molecule has 2 rings (SSSR count). The number of hydrogen-bond acceptors (Lipinski definition) is 6. The van der Waals surface area contributed by atoms with Gasteiger partial charge in [-0.15, -0.1) is 11.8 Å². The fourth-order valence-electron chi connectivity index (χ4n) is 2.46. The van der Waals surface area contributed by atoms with Gasteiger partial charge in [0.1, 0.15) is 6.04 Å². The smallest absolute Gasteiger partial charge is 0.332 e. The van der Waals surface area contributed by atoms with Gasteiger partial charge in [0.05, 0.1) is 18.5 Å². The second-order valence-corrected chi connectivity index (χ2v) is 6.65. The zero-order valence-corrected chi connectivity index (χ0v) is 11.2. The van der Waals surface area contributed by atoms with Crippen molar-refractivity contribution < 1.29 is 19.4 Å². The Morgan fingerprint density at radius 2 is 2.17 bits per heavy atom. The number of aliphatic carboxylic acids is 1. The molecule has 2 aliphatic heterocycles. The largest absolute Gasteiger partial charge is 0.480 e. The van der Waals surface area contributed by atoms with Crippen LogP contribution in [0.4, 0.5) is 0 Å². The van der Waals surface area contributed by atoms with Crippen LogP contribution in [0.25, 0.3) is 0 Å². The molecule has 18 heavy (non-hydrogen) atoms. The first kappa shape index (κ1) is 13.2. The minimum absolute atomic E-state index is 0.0861. The summed E-state index contributed by atoms with van der Waals surface area (Å²) in [6.07, 6.45) is 1.28. The van der Waals surface area contributed by atoms with Crippen LogP contribution in [0.1, 0.15) is 13.8 Å². The van der Waals surface area contributed by atoms with E-state index in [1.54, 1.807) is 4.90 Å². The highest BCUT2D eigenvalue weighted by molar-refractivity contribution is 8.01. The lowest BCUT2D eigenvalue weighted by Crippen LogP contribution is -2.62. The Balaban J connectivity index is 2.32. The Morgan fingerprint density at radius 3 is 2.67 bits per heavy atom. The number of carboxylic acids is 1. The zero-order valence-electron chi connectivity index (χ0n) is 10.4. The molecule has 0 aromatic carbocycles. The molecular weight excluding hydrogens is 256 g/mol. The number of nitrogens with two attached hydrogens (primary N) is 1. The summed E-state index contributed by atoms with van der Waals surface area (Å²) < 4.78 is 4.10. The lowest BCUT2D eigenvalue weighted by Gasteiger charge is -2.46. The standard InChI is InChI=1S/C11H16N2O4S/c1-11(2)8(10(15)16)13-5(4-6(14)17-3)7(12)9(13)18-11/h4,7-9H,12H2,1-3H3,(H,15,16)/b5-4+/t7-,8+,9?/m1/s1. The highest BCUT2D eigenvalue weighted by Gasteiger charge is 2.60. The van der Waals surface area contributed by atoms with Crippen LogP contribution in [-0.2, 0) is 14.3 Å². The number of fused-ring (bicyclic) bond motifs is 1.